The zero-order chi connectivity index (χ0) is 9.84. The van der Waals surface area contributed by atoms with E-state index in [1.807, 2.05) is 12.1 Å². The zero-order valence-electron chi connectivity index (χ0n) is 8.16. The Morgan fingerprint density at radius 3 is 2.69 bits per heavy atom. The topological polar surface area (TPSA) is 29.5 Å². The van der Waals surface area contributed by atoms with E-state index in [0.29, 0.717) is 0 Å². The average Bonchev–Trinajstić information content (AvgIpc) is 2.07. The molecule has 0 aromatic heterocycles. The van der Waals surface area contributed by atoms with Crippen LogP contribution in [0, 0.1) is 13.8 Å². The largest absolute Gasteiger partial charge is 0.387 e. The van der Waals surface area contributed by atoms with Gasteiger partial charge in [-0.1, -0.05) is 18.2 Å². The van der Waals surface area contributed by atoms with Gasteiger partial charge in [-0.2, -0.15) is 0 Å². The number of rotatable bonds is 3. The fourth-order valence-corrected chi connectivity index (χ4v) is 1.82. The van der Waals surface area contributed by atoms with Crippen molar-refractivity contribution in [1.82, 2.24) is 0 Å². The number of aliphatic hydroxyl groups is 1. The second-order valence-corrected chi connectivity index (χ2v) is 4.05. The Labute approximate surface area is 81.5 Å². The Bertz CT molecular complexity index is 284. The summed E-state index contributed by atoms with van der Waals surface area (Å²) < 4.78 is 5.15. The quantitative estimate of drug-likeness (QED) is 0.572. The second-order valence-electron chi connectivity index (χ2n) is 3.07. The molecule has 0 bridgehead atoms. The van der Waals surface area contributed by atoms with Gasteiger partial charge in [0, 0.05) is 0 Å². The number of aryl methyl sites for hydroxylation is 1. The Balaban J connectivity index is 2.71. The molecule has 0 aliphatic rings. The van der Waals surface area contributed by atoms with Crippen LogP contribution in [-0.4, -0.2) is 21.2 Å². The molecule has 70 valence electrons. The third-order valence-electron chi connectivity index (χ3n) is 1.94. The summed E-state index contributed by atoms with van der Waals surface area (Å²) in [5.74, 6) is 0. The van der Waals surface area contributed by atoms with Gasteiger partial charge < -0.3 is 9.53 Å². The van der Waals surface area contributed by atoms with E-state index in [-0.39, 0.29) is 9.76 Å². The van der Waals surface area contributed by atoms with Gasteiger partial charge in [0.05, 0.1) is 0 Å². The predicted octanol–water partition coefficient (Wildman–Crippen LogP) is 0.903. The molecular formula is C10H14O2Si. The van der Waals surface area contributed by atoms with Crippen molar-refractivity contribution in [2.24, 2.45) is 0 Å². The molecular weight excluding hydrogens is 180 g/mol. The molecule has 0 saturated carbocycles. The number of aliphatic hydroxyl groups excluding tert-OH is 1. The highest BCUT2D eigenvalue weighted by molar-refractivity contribution is 6.47. The number of hydrogen-bond donors (Lipinski definition) is 1. The highest BCUT2D eigenvalue weighted by Crippen LogP contribution is 2.02. The van der Waals surface area contributed by atoms with Crippen molar-refractivity contribution >= 4 is 14.9 Å². The lowest BCUT2D eigenvalue weighted by molar-refractivity contribution is 0.00354. The van der Waals surface area contributed by atoms with Gasteiger partial charge in [-0.25, -0.2) is 0 Å². The van der Waals surface area contributed by atoms with E-state index in [1.54, 1.807) is 6.92 Å². The van der Waals surface area contributed by atoms with Crippen molar-refractivity contribution in [3.05, 3.63) is 29.3 Å². The first kappa shape index (κ1) is 10.4. The summed E-state index contributed by atoms with van der Waals surface area (Å²) in [6.07, 6.45) is -0.682. The molecule has 0 heterocycles. The van der Waals surface area contributed by atoms with Crippen LogP contribution in [0.3, 0.4) is 0 Å². The molecule has 3 heteroatoms. The summed E-state index contributed by atoms with van der Waals surface area (Å²) >= 11 is 0. The van der Waals surface area contributed by atoms with Crippen molar-refractivity contribution in [3.63, 3.8) is 0 Å². The molecule has 0 aliphatic heterocycles. The maximum atomic E-state index is 8.96. The third kappa shape index (κ3) is 2.95. The van der Waals surface area contributed by atoms with E-state index in [9.17, 15) is 0 Å². The lowest BCUT2D eigenvalue weighted by atomic mass is 10.1. The maximum Gasteiger partial charge on any atom is 0.272 e. The van der Waals surface area contributed by atoms with Crippen LogP contribution in [0.5, 0.6) is 0 Å². The van der Waals surface area contributed by atoms with E-state index in [1.165, 1.54) is 16.3 Å². The van der Waals surface area contributed by atoms with Crippen LogP contribution in [-0.2, 0) is 4.43 Å². The first-order chi connectivity index (χ1) is 6.11. The Kier molecular flexibility index (Phi) is 3.66. The predicted molar refractivity (Wildman–Crippen MR) is 54.1 cm³/mol. The molecule has 1 atom stereocenters. The van der Waals surface area contributed by atoms with Crippen LogP contribution in [0.4, 0.5) is 0 Å². The molecule has 1 unspecified atom stereocenters. The molecule has 1 aromatic rings. The van der Waals surface area contributed by atoms with E-state index in [2.05, 4.69) is 19.9 Å². The SMILES string of the molecule is Cc1cccc([Si]OC(C)O)c1C. The smallest absolute Gasteiger partial charge is 0.272 e. The molecule has 0 spiro atoms. The highest BCUT2D eigenvalue weighted by Gasteiger charge is 2.04. The molecule has 0 fully saturated rings. The van der Waals surface area contributed by atoms with Crippen molar-refractivity contribution < 1.29 is 9.53 Å². The van der Waals surface area contributed by atoms with Crippen LogP contribution >= 0.6 is 0 Å². The first-order valence-corrected chi connectivity index (χ1v) is 5.18. The molecule has 0 saturated heterocycles. The molecule has 0 amide bonds. The molecule has 13 heavy (non-hydrogen) atoms. The lowest BCUT2D eigenvalue weighted by Crippen LogP contribution is -2.24. The standard InChI is InChI=1S/C10H14O2Si/c1-7-5-4-6-10(8(7)2)13-12-9(3)11/h4-6,9,11H,1-3H3. The number of benzene rings is 1. The van der Waals surface area contributed by atoms with E-state index in [0.717, 1.165) is 0 Å². The van der Waals surface area contributed by atoms with Gasteiger partial charge in [-0.05, 0) is 37.1 Å². The van der Waals surface area contributed by atoms with Gasteiger partial charge in [0.25, 0.3) is 9.76 Å². The van der Waals surface area contributed by atoms with Gasteiger partial charge in [0.1, 0.15) is 6.29 Å². The van der Waals surface area contributed by atoms with Gasteiger partial charge in [-0.3, -0.25) is 0 Å². The van der Waals surface area contributed by atoms with E-state index < -0.39 is 6.29 Å². The van der Waals surface area contributed by atoms with Crippen molar-refractivity contribution in [1.29, 1.82) is 0 Å². The normalized spacial score (nSPS) is 12.9. The van der Waals surface area contributed by atoms with E-state index in [4.69, 9.17) is 9.53 Å². The van der Waals surface area contributed by atoms with Gasteiger partial charge in [0.15, 0.2) is 0 Å². The summed E-state index contributed by atoms with van der Waals surface area (Å²) in [6.45, 7) is 5.77. The molecule has 1 aromatic carbocycles. The summed E-state index contributed by atoms with van der Waals surface area (Å²) in [5.41, 5.74) is 2.51. The summed E-state index contributed by atoms with van der Waals surface area (Å²) in [7, 11) is 0.230. The zero-order valence-corrected chi connectivity index (χ0v) is 9.16. The Hall–Kier alpha value is -0.643. The van der Waals surface area contributed by atoms with Crippen LogP contribution in [0.15, 0.2) is 18.2 Å². The second kappa shape index (κ2) is 4.55. The molecule has 1 N–H and O–H groups in total. The van der Waals surface area contributed by atoms with Crippen LogP contribution in [0.1, 0.15) is 18.1 Å². The fraction of sp³-hybridized carbons (Fsp3) is 0.400. The maximum absolute atomic E-state index is 8.96. The van der Waals surface area contributed by atoms with Gasteiger partial charge in [0.2, 0.25) is 0 Å². The van der Waals surface area contributed by atoms with Crippen LogP contribution < -0.4 is 5.19 Å². The molecule has 0 aliphatic carbocycles. The third-order valence-corrected chi connectivity index (χ3v) is 3.16. The minimum atomic E-state index is -0.682. The fourth-order valence-electron chi connectivity index (χ4n) is 1.01. The van der Waals surface area contributed by atoms with E-state index >= 15 is 0 Å². The first-order valence-electron chi connectivity index (χ1n) is 4.27. The van der Waals surface area contributed by atoms with Crippen molar-refractivity contribution in [2.75, 3.05) is 0 Å². The van der Waals surface area contributed by atoms with Gasteiger partial charge >= 0.3 is 0 Å². The lowest BCUT2D eigenvalue weighted by Gasteiger charge is -2.09. The van der Waals surface area contributed by atoms with Crippen LogP contribution in [0.2, 0.25) is 0 Å². The van der Waals surface area contributed by atoms with Crippen molar-refractivity contribution in [3.8, 4) is 0 Å². The molecule has 1 rings (SSSR count). The Morgan fingerprint density at radius 2 is 2.08 bits per heavy atom. The monoisotopic (exact) mass is 194 g/mol. The highest BCUT2D eigenvalue weighted by atomic mass is 28.2. The molecule has 2 radical (unpaired) electrons. The average molecular weight is 194 g/mol. The van der Waals surface area contributed by atoms with Crippen LogP contribution in [0.25, 0.3) is 0 Å². The summed E-state index contributed by atoms with van der Waals surface area (Å²) in [6, 6.07) is 6.12. The number of hydrogen-bond acceptors (Lipinski definition) is 2. The summed E-state index contributed by atoms with van der Waals surface area (Å²) in [4.78, 5) is 0. The summed E-state index contributed by atoms with van der Waals surface area (Å²) in [5, 5.41) is 10.1. The minimum Gasteiger partial charge on any atom is -0.387 e. The van der Waals surface area contributed by atoms with Gasteiger partial charge in [-0.15, -0.1) is 0 Å². The Morgan fingerprint density at radius 1 is 1.38 bits per heavy atom. The van der Waals surface area contributed by atoms with Crippen molar-refractivity contribution in [2.45, 2.75) is 27.1 Å². The molecule has 2 nitrogen and oxygen atoms in total. The minimum absolute atomic E-state index is 0.230.